The summed E-state index contributed by atoms with van der Waals surface area (Å²) in [5, 5.41) is 9.24. The number of nitrogens with zero attached hydrogens (tertiary/aromatic N) is 2. The van der Waals surface area contributed by atoms with Crippen LogP contribution in [0.15, 0.2) is 44.9 Å². The summed E-state index contributed by atoms with van der Waals surface area (Å²) in [6.45, 7) is 2.39. The number of sulfonamides is 1. The van der Waals surface area contributed by atoms with Gasteiger partial charge in [-0.3, -0.25) is 10.3 Å². The Morgan fingerprint density at radius 2 is 2.18 bits per heavy atom. The minimum Gasteiger partial charge on any atom is -0.464 e. The van der Waals surface area contributed by atoms with E-state index in [2.05, 4.69) is 30.7 Å². The zero-order valence-electron chi connectivity index (χ0n) is 15.5. The third-order valence-electron chi connectivity index (χ3n) is 3.82. The maximum absolute atomic E-state index is 12.3. The highest BCUT2D eigenvalue weighted by Crippen LogP contribution is 2.19. The van der Waals surface area contributed by atoms with Gasteiger partial charge in [-0.1, -0.05) is 0 Å². The Kier molecular flexibility index (Phi) is 5.95. The number of urea groups is 1. The second-order valence-corrected chi connectivity index (χ2v) is 8.24. The third kappa shape index (κ3) is 5.79. The molecule has 1 atom stereocenters. The van der Waals surface area contributed by atoms with Gasteiger partial charge in [-0.05, 0) is 31.2 Å². The molecule has 3 rings (SSSR count). The Labute approximate surface area is 162 Å². The summed E-state index contributed by atoms with van der Waals surface area (Å²) in [6.07, 6.45) is 3.25. The molecule has 11 heteroatoms. The molecule has 1 aliphatic heterocycles. The van der Waals surface area contributed by atoms with Crippen molar-refractivity contribution in [2.24, 2.45) is 9.98 Å². The SMILES string of the molecule is CC1CC(=NCCNS(C)(=O)=O)NC(NC(=O)Nc2ccc3occc3c2)=N1. The Morgan fingerprint density at radius 3 is 2.96 bits per heavy atom. The third-order valence-corrected chi connectivity index (χ3v) is 4.55. The van der Waals surface area contributed by atoms with Gasteiger partial charge in [0.05, 0.1) is 25.1 Å². The molecule has 0 saturated carbocycles. The largest absolute Gasteiger partial charge is 0.464 e. The van der Waals surface area contributed by atoms with Crippen LogP contribution in [0.3, 0.4) is 0 Å². The van der Waals surface area contributed by atoms with Crippen LogP contribution in [-0.4, -0.2) is 51.6 Å². The lowest BCUT2D eigenvalue weighted by Gasteiger charge is -2.21. The van der Waals surface area contributed by atoms with Crippen molar-refractivity contribution in [3.63, 3.8) is 0 Å². The summed E-state index contributed by atoms with van der Waals surface area (Å²) in [4.78, 5) is 20.9. The van der Waals surface area contributed by atoms with E-state index in [-0.39, 0.29) is 25.1 Å². The van der Waals surface area contributed by atoms with Crippen molar-refractivity contribution >= 4 is 44.5 Å². The van der Waals surface area contributed by atoms with Crippen LogP contribution in [0.25, 0.3) is 11.0 Å². The maximum Gasteiger partial charge on any atom is 0.326 e. The van der Waals surface area contributed by atoms with E-state index >= 15 is 0 Å². The first kappa shape index (κ1) is 19.8. The molecule has 2 aromatic rings. The van der Waals surface area contributed by atoms with Gasteiger partial charge in [0.15, 0.2) is 0 Å². The Hall–Kier alpha value is -2.92. The predicted octanol–water partition coefficient (Wildman–Crippen LogP) is 1.24. The lowest BCUT2D eigenvalue weighted by Crippen LogP contribution is -2.49. The zero-order chi connectivity index (χ0) is 20.1. The minimum atomic E-state index is -3.24. The van der Waals surface area contributed by atoms with Crippen molar-refractivity contribution in [1.29, 1.82) is 0 Å². The molecule has 1 unspecified atom stereocenters. The molecule has 0 bridgehead atoms. The van der Waals surface area contributed by atoms with E-state index in [0.29, 0.717) is 17.9 Å². The maximum atomic E-state index is 12.3. The lowest BCUT2D eigenvalue weighted by atomic mass is 10.2. The number of carbonyl (C=O) groups excluding carboxylic acids is 1. The number of carbonyl (C=O) groups is 1. The number of amides is 2. The monoisotopic (exact) mass is 406 g/mol. The summed E-state index contributed by atoms with van der Waals surface area (Å²) >= 11 is 0. The molecular formula is C17H22N6O4S. The molecular weight excluding hydrogens is 384 g/mol. The fourth-order valence-electron chi connectivity index (χ4n) is 2.67. The van der Waals surface area contributed by atoms with Crippen LogP contribution >= 0.6 is 0 Å². The molecule has 1 aromatic heterocycles. The normalized spacial score (nSPS) is 18.6. The van der Waals surface area contributed by atoms with E-state index in [4.69, 9.17) is 4.42 Å². The van der Waals surface area contributed by atoms with E-state index in [0.717, 1.165) is 17.2 Å². The van der Waals surface area contributed by atoms with E-state index in [1.165, 1.54) is 0 Å². The molecule has 10 nitrogen and oxygen atoms in total. The highest BCUT2D eigenvalue weighted by atomic mass is 32.2. The number of guanidine groups is 1. The van der Waals surface area contributed by atoms with E-state index in [1.807, 2.05) is 13.0 Å². The highest BCUT2D eigenvalue weighted by molar-refractivity contribution is 7.88. The van der Waals surface area contributed by atoms with Crippen molar-refractivity contribution in [2.75, 3.05) is 24.7 Å². The number of hydrogen-bond donors (Lipinski definition) is 4. The van der Waals surface area contributed by atoms with E-state index in [1.54, 1.807) is 24.5 Å². The first-order chi connectivity index (χ1) is 13.3. The van der Waals surface area contributed by atoms with Crippen molar-refractivity contribution < 1.29 is 17.6 Å². The number of rotatable bonds is 5. The molecule has 2 heterocycles. The first-order valence-corrected chi connectivity index (χ1v) is 10.6. The molecule has 1 aromatic carbocycles. The number of fused-ring (bicyclic) bond motifs is 1. The number of aliphatic imine (C=N–C) groups is 2. The molecule has 0 fully saturated rings. The Bertz CT molecular complexity index is 1030. The topological polar surface area (TPSA) is 137 Å². The summed E-state index contributed by atoms with van der Waals surface area (Å²) in [6, 6.07) is 6.62. The molecule has 28 heavy (non-hydrogen) atoms. The van der Waals surface area contributed by atoms with Crippen molar-refractivity contribution in [3.8, 4) is 0 Å². The number of anilines is 1. The molecule has 1 aliphatic rings. The van der Waals surface area contributed by atoms with Gasteiger partial charge in [-0.2, -0.15) is 0 Å². The second-order valence-electron chi connectivity index (χ2n) is 6.40. The molecule has 150 valence electrons. The lowest BCUT2D eigenvalue weighted by molar-refractivity contribution is 0.256. The number of nitrogens with one attached hydrogen (secondary N) is 4. The average Bonchev–Trinajstić information content (AvgIpc) is 3.05. The fraction of sp³-hybridized carbons (Fsp3) is 0.353. The average molecular weight is 406 g/mol. The van der Waals surface area contributed by atoms with Crippen molar-refractivity contribution in [2.45, 2.75) is 19.4 Å². The van der Waals surface area contributed by atoms with Gasteiger partial charge in [0.25, 0.3) is 0 Å². The van der Waals surface area contributed by atoms with Gasteiger partial charge >= 0.3 is 6.03 Å². The smallest absolute Gasteiger partial charge is 0.326 e. The van der Waals surface area contributed by atoms with Crippen molar-refractivity contribution in [3.05, 3.63) is 30.5 Å². The Balaban J connectivity index is 1.55. The molecule has 0 aliphatic carbocycles. The molecule has 0 spiro atoms. The van der Waals surface area contributed by atoms with E-state index < -0.39 is 16.1 Å². The quantitative estimate of drug-likeness (QED) is 0.554. The molecule has 4 N–H and O–H groups in total. The molecule has 0 saturated heterocycles. The van der Waals surface area contributed by atoms with Crippen LogP contribution in [0.5, 0.6) is 0 Å². The first-order valence-electron chi connectivity index (χ1n) is 8.66. The number of furan rings is 1. The number of hydrogen-bond acceptors (Lipinski definition) is 6. The van der Waals surface area contributed by atoms with Crippen molar-refractivity contribution in [1.82, 2.24) is 15.4 Å². The van der Waals surface area contributed by atoms with Gasteiger partial charge in [-0.15, -0.1) is 0 Å². The van der Waals surface area contributed by atoms with Gasteiger partial charge < -0.3 is 15.1 Å². The van der Waals surface area contributed by atoms with Crippen LogP contribution in [-0.2, 0) is 10.0 Å². The second kappa shape index (κ2) is 8.40. The van der Waals surface area contributed by atoms with Gasteiger partial charge in [0.1, 0.15) is 11.4 Å². The standard InChI is InChI=1S/C17H22N6O4S/c1-11-9-15(18-6-7-19-28(2,25)26)22-16(20-11)23-17(24)21-13-3-4-14-12(10-13)5-8-27-14/h3-5,8,10-11,19H,6-7,9H2,1-2H3,(H3,18,20,21,22,23,24). The number of amidine groups is 1. The van der Waals surface area contributed by atoms with Crippen LogP contribution in [0, 0.1) is 0 Å². The molecule has 0 radical (unpaired) electrons. The van der Waals surface area contributed by atoms with Crippen LogP contribution in [0.2, 0.25) is 0 Å². The zero-order valence-corrected chi connectivity index (χ0v) is 16.3. The van der Waals surface area contributed by atoms with Gasteiger partial charge in [0.2, 0.25) is 16.0 Å². The summed E-state index contributed by atoms with van der Waals surface area (Å²) < 4.78 is 29.8. The van der Waals surface area contributed by atoms with Crippen LogP contribution < -0.4 is 20.7 Å². The van der Waals surface area contributed by atoms with Crippen LogP contribution in [0.1, 0.15) is 13.3 Å². The van der Waals surface area contributed by atoms with E-state index in [9.17, 15) is 13.2 Å². The minimum absolute atomic E-state index is 0.0690. The predicted molar refractivity (Wildman–Crippen MR) is 108 cm³/mol. The van der Waals surface area contributed by atoms with Gasteiger partial charge in [-0.25, -0.2) is 22.9 Å². The summed E-state index contributed by atoms with van der Waals surface area (Å²) in [7, 11) is -3.24. The molecule has 2 amide bonds. The Morgan fingerprint density at radius 1 is 1.36 bits per heavy atom. The van der Waals surface area contributed by atoms with Crippen LogP contribution in [0.4, 0.5) is 10.5 Å². The van der Waals surface area contributed by atoms with Gasteiger partial charge in [0, 0.05) is 24.0 Å². The fourth-order valence-corrected chi connectivity index (χ4v) is 3.13. The summed E-state index contributed by atoms with van der Waals surface area (Å²) in [5.41, 5.74) is 1.36. The highest BCUT2D eigenvalue weighted by Gasteiger charge is 2.18. The summed E-state index contributed by atoms with van der Waals surface area (Å²) in [5.74, 6) is 0.920. The number of benzene rings is 1.